The van der Waals surface area contributed by atoms with Crippen LogP contribution < -0.4 is 10.6 Å². The van der Waals surface area contributed by atoms with E-state index in [0.717, 1.165) is 28.2 Å². The van der Waals surface area contributed by atoms with Crippen molar-refractivity contribution in [3.05, 3.63) is 83.2 Å². The van der Waals surface area contributed by atoms with Gasteiger partial charge in [-0.3, -0.25) is 9.78 Å². The number of rotatable bonds is 4. The van der Waals surface area contributed by atoms with Gasteiger partial charge in [0.05, 0.1) is 0 Å². The van der Waals surface area contributed by atoms with E-state index >= 15 is 0 Å². The van der Waals surface area contributed by atoms with Gasteiger partial charge in [-0.05, 0) is 62.2 Å². The van der Waals surface area contributed by atoms with Crippen LogP contribution in [-0.4, -0.2) is 10.9 Å². The summed E-state index contributed by atoms with van der Waals surface area (Å²) in [6, 6.07) is 17.6. The number of benzene rings is 2. The van der Waals surface area contributed by atoms with Gasteiger partial charge in [-0.15, -0.1) is 0 Å². The summed E-state index contributed by atoms with van der Waals surface area (Å²) in [6.07, 6.45) is 1.63. The Bertz CT molecular complexity index is 919. The second kappa shape index (κ2) is 7.18. The molecule has 3 rings (SSSR count). The molecule has 3 aromatic rings. The van der Waals surface area contributed by atoms with Crippen molar-refractivity contribution in [2.45, 2.75) is 20.8 Å². The molecule has 0 saturated carbocycles. The van der Waals surface area contributed by atoms with E-state index in [1.165, 1.54) is 5.56 Å². The van der Waals surface area contributed by atoms with Crippen molar-refractivity contribution >= 4 is 23.0 Å². The first-order chi connectivity index (χ1) is 12.0. The van der Waals surface area contributed by atoms with E-state index in [2.05, 4.69) is 21.7 Å². The maximum Gasteiger partial charge on any atom is 0.274 e. The average Bonchev–Trinajstić information content (AvgIpc) is 2.57. The summed E-state index contributed by atoms with van der Waals surface area (Å²) in [5, 5.41) is 6.23. The third kappa shape index (κ3) is 4.23. The molecule has 4 heteroatoms. The Balaban J connectivity index is 1.77. The van der Waals surface area contributed by atoms with E-state index in [9.17, 15) is 4.79 Å². The highest BCUT2D eigenvalue weighted by atomic mass is 16.1. The summed E-state index contributed by atoms with van der Waals surface area (Å²) in [6.45, 7) is 6.05. The predicted octanol–water partition coefficient (Wildman–Crippen LogP) is 5.00. The fourth-order valence-electron chi connectivity index (χ4n) is 2.66. The van der Waals surface area contributed by atoms with Gasteiger partial charge in [0, 0.05) is 23.3 Å². The molecule has 2 aromatic carbocycles. The van der Waals surface area contributed by atoms with Gasteiger partial charge in [-0.1, -0.05) is 29.8 Å². The van der Waals surface area contributed by atoms with E-state index in [4.69, 9.17) is 0 Å². The van der Waals surface area contributed by atoms with Crippen LogP contribution in [0.5, 0.6) is 0 Å². The Hall–Kier alpha value is -3.14. The normalized spacial score (nSPS) is 10.4. The predicted molar refractivity (Wildman–Crippen MR) is 103 cm³/mol. The highest BCUT2D eigenvalue weighted by Gasteiger charge is 2.10. The zero-order valence-electron chi connectivity index (χ0n) is 14.6. The summed E-state index contributed by atoms with van der Waals surface area (Å²) in [5.74, 6) is -0.222. The number of aryl methyl sites for hydroxylation is 3. The third-order valence-electron chi connectivity index (χ3n) is 3.93. The fraction of sp³-hybridized carbons (Fsp3) is 0.143. The molecule has 126 valence electrons. The molecule has 2 N–H and O–H groups in total. The van der Waals surface area contributed by atoms with Crippen molar-refractivity contribution in [2.75, 3.05) is 10.6 Å². The molecule has 0 fully saturated rings. The second-order valence-corrected chi connectivity index (χ2v) is 6.20. The monoisotopic (exact) mass is 331 g/mol. The molecule has 1 aromatic heterocycles. The van der Waals surface area contributed by atoms with Crippen molar-refractivity contribution in [1.29, 1.82) is 0 Å². The van der Waals surface area contributed by atoms with Crippen LogP contribution in [0.3, 0.4) is 0 Å². The van der Waals surface area contributed by atoms with Crippen molar-refractivity contribution in [3.8, 4) is 0 Å². The number of hydrogen-bond donors (Lipinski definition) is 2. The number of nitrogens with one attached hydrogen (secondary N) is 2. The number of carbonyl (C=O) groups excluding carboxylic acids is 1. The number of anilines is 3. The summed E-state index contributed by atoms with van der Waals surface area (Å²) < 4.78 is 0. The number of hydrogen-bond acceptors (Lipinski definition) is 3. The van der Waals surface area contributed by atoms with Crippen molar-refractivity contribution in [2.24, 2.45) is 0 Å². The van der Waals surface area contributed by atoms with Gasteiger partial charge in [0.1, 0.15) is 5.69 Å². The topological polar surface area (TPSA) is 54.0 Å². The molecule has 0 radical (unpaired) electrons. The molecule has 25 heavy (non-hydrogen) atoms. The van der Waals surface area contributed by atoms with Crippen molar-refractivity contribution < 1.29 is 4.79 Å². The largest absolute Gasteiger partial charge is 0.355 e. The van der Waals surface area contributed by atoms with Gasteiger partial charge >= 0.3 is 0 Å². The van der Waals surface area contributed by atoms with Crippen LogP contribution in [0.2, 0.25) is 0 Å². The highest BCUT2D eigenvalue weighted by molar-refractivity contribution is 6.03. The molecule has 0 aliphatic rings. The molecule has 0 aliphatic carbocycles. The Kier molecular flexibility index (Phi) is 4.80. The lowest BCUT2D eigenvalue weighted by Crippen LogP contribution is -2.14. The molecule has 0 atom stereocenters. The van der Waals surface area contributed by atoms with E-state index in [1.807, 2.05) is 63.2 Å². The van der Waals surface area contributed by atoms with Crippen LogP contribution in [0.15, 0.2) is 60.8 Å². The fourth-order valence-corrected chi connectivity index (χ4v) is 2.66. The number of amides is 1. The first-order valence-corrected chi connectivity index (χ1v) is 8.19. The van der Waals surface area contributed by atoms with Crippen LogP contribution >= 0.6 is 0 Å². The molecule has 4 nitrogen and oxygen atoms in total. The summed E-state index contributed by atoms with van der Waals surface area (Å²) >= 11 is 0. The molecular formula is C21H21N3O. The minimum absolute atomic E-state index is 0.222. The van der Waals surface area contributed by atoms with E-state index in [-0.39, 0.29) is 5.91 Å². The molecule has 0 unspecified atom stereocenters. The smallest absolute Gasteiger partial charge is 0.274 e. The van der Waals surface area contributed by atoms with Crippen molar-refractivity contribution in [3.63, 3.8) is 0 Å². The summed E-state index contributed by atoms with van der Waals surface area (Å²) in [7, 11) is 0. The molecular weight excluding hydrogens is 310 g/mol. The molecule has 0 aliphatic heterocycles. The first kappa shape index (κ1) is 16.7. The van der Waals surface area contributed by atoms with Crippen LogP contribution in [-0.2, 0) is 0 Å². The number of carbonyl (C=O) groups is 1. The zero-order valence-corrected chi connectivity index (χ0v) is 14.6. The SMILES string of the molecule is Cc1cccc(Nc2ccnc(C(=O)Nc3ccc(C)cc3C)c2)c1. The molecule has 0 saturated heterocycles. The standard InChI is InChI=1S/C21H21N3O/c1-14-5-4-6-17(12-14)23-18-9-10-22-20(13-18)21(25)24-19-8-7-15(2)11-16(19)3/h4-13H,1-3H3,(H,22,23)(H,24,25). The number of pyridine rings is 1. The van der Waals surface area contributed by atoms with Crippen LogP contribution in [0, 0.1) is 20.8 Å². The molecule has 1 amide bonds. The van der Waals surface area contributed by atoms with Crippen LogP contribution in [0.25, 0.3) is 0 Å². The zero-order chi connectivity index (χ0) is 17.8. The summed E-state index contributed by atoms with van der Waals surface area (Å²) in [5.41, 5.74) is 6.35. The highest BCUT2D eigenvalue weighted by Crippen LogP contribution is 2.20. The van der Waals surface area contributed by atoms with E-state index < -0.39 is 0 Å². The lowest BCUT2D eigenvalue weighted by atomic mass is 10.1. The van der Waals surface area contributed by atoms with Gasteiger partial charge in [-0.25, -0.2) is 0 Å². The minimum Gasteiger partial charge on any atom is -0.355 e. The molecule has 0 bridgehead atoms. The van der Waals surface area contributed by atoms with Gasteiger partial charge < -0.3 is 10.6 Å². The lowest BCUT2D eigenvalue weighted by Gasteiger charge is -2.11. The van der Waals surface area contributed by atoms with Crippen molar-refractivity contribution in [1.82, 2.24) is 4.98 Å². The van der Waals surface area contributed by atoms with E-state index in [1.54, 1.807) is 12.3 Å². The second-order valence-electron chi connectivity index (χ2n) is 6.20. The minimum atomic E-state index is -0.222. The van der Waals surface area contributed by atoms with Gasteiger partial charge in [-0.2, -0.15) is 0 Å². The molecule has 0 spiro atoms. The van der Waals surface area contributed by atoms with Gasteiger partial charge in [0.15, 0.2) is 0 Å². The quantitative estimate of drug-likeness (QED) is 0.707. The lowest BCUT2D eigenvalue weighted by molar-refractivity contribution is 0.102. The van der Waals surface area contributed by atoms with Gasteiger partial charge in [0.25, 0.3) is 5.91 Å². The average molecular weight is 331 g/mol. The maximum atomic E-state index is 12.5. The van der Waals surface area contributed by atoms with Crippen LogP contribution in [0.1, 0.15) is 27.2 Å². The van der Waals surface area contributed by atoms with Gasteiger partial charge in [0.2, 0.25) is 0 Å². The Labute approximate surface area is 147 Å². The Morgan fingerprint density at radius 3 is 2.40 bits per heavy atom. The van der Waals surface area contributed by atoms with E-state index in [0.29, 0.717) is 5.69 Å². The Morgan fingerprint density at radius 2 is 1.64 bits per heavy atom. The number of nitrogens with zero attached hydrogens (tertiary/aromatic N) is 1. The third-order valence-corrected chi connectivity index (χ3v) is 3.93. The van der Waals surface area contributed by atoms with Crippen LogP contribution in [0.4, 0.5) is 17.1 Å². The first-order valence-electron chi connectivity index (χ1n) is 8.19. The molecule has 1 heterocycles. The number of aromatic nitrogens is 1. The maximum absolute atomic E-state index is 12.5. The summed E-state index contributed by atoms with van der Waals surface area (Å²) in [4.78, 5) is 16.7. The Morgan fingerprint density at radius 1 is 0.880 bits per heavy atom.